The van der Waals surface area contributed by atoms with Gasteiger partial charge in [-0.1, -0.05) is 0 Å². The molecule has 0 aromatic heterocycles. The zero-order valence-electron chi connectivity index (χ0n) is 7.33. The highest BCUT2D eigenvalue weighted by molar-refractivity contribution is 4.88. The molecule has 0 saturated carbocycles. The molecule has 3 nitrogen and oxygen atoms in total. The van der Waals surface area contributed by atoms with Gasteiger partial charge < -0.3 is 15.2 Å². The Morgan fingerprint density at radius 1 is 1.08 bits per heavy atom. The lowest BCUT2D eigenvalue weighted by molar-refractivity contribution is -0.897. The van der Waals surface area contributed by atoms with Crippen molar-refractivity contribution in [1.29, 1.82) is 0 Å². The molecule has 0 aliphatic carbocycles. The second-order valence-corrected chi connectivity index (χ2v) is 4.91. The van der Waals surface area contributed by atoms with Crippen LogP contribution in [0.5, 0.6) is 0 Å². The lowest BCUT2D eigenvalue weighted by Gasteiger charge is -2.53. The van der Waals surface area contributed by atoms with E-state index in [1.807, 2.05) is 0 Å². The summed E-state index contributed by atoms with van der Waals surface area (Å²) >= 11 is 0. The van der Waals surface area contributed by atoms with Crippen LogP contribution >= 0.6 is 0 Å². The molecule has 4 aliphatic rings. The van der Waals surface area contributed by atoms with Crippen LogP contribution in [0.25, 0.3) is 0 Å². The Balaban J connectivity index is 1.95. The van der Waals surface area contributed by atoms with Crippen molar-refractivity contribution in [3.63, 3.8) is 0 Å². The van der Waals surface area contributed by atoms with E-state index in [2.05, 4.69) is 5.32 Å². The summed E-state index contributed by atoms with van der Waals surface area (Å²) in [4.78, 5) is 0. The van der Waals surface area contributed by atoms with Crippen LogP contribution in [-0.4, -0.2) is 36.9 Å². The normalized spacial score (nSPS) is 57.2. The van der Waals surface area contributed by atoms with Crippen molar-refractivity contribution in [2.75, 3.05) is 26.2 Å². The van der Waals surface area contributed by atoms with Crippen LogP contribution in [0, 0.1) is 17.0 Å². The van der Waals surface area contributed by atoms with Gasteiger partial charge in [0, 0.05) is 18.4 Å². The fraction of sp³-hybridized carbons (Fsp3) is 1.00. The van der Waals surface area contributed by atoms with Gasteiger partial charge in [0.05, 0.1) is 25.7 Å². The first kappa shape index (κ1) is 7.30. The van der Waals surface area contributed by atoms with Crippen molar-refractivity contribution in [2.24, 2.45) is 11.8 Å². The molecule has 4 unspecified atom stereocenters. The van der Waals surface area contributed by atoms with Gasteiger partial charge >= 0.3 is 0 Å². The minimum Gasteiger partial charge on any atom is -0.633 e. The van der Waals surface area contributed by atoms with E-state index < -0.39 is 0 Å². The van der Waals surface area contributed by atoms with Gasteiger partial charge in [0.1, 0.15) is 0 Å². The summed E-state index contributed by atoms with van der Waals surface area (Å²) in [6, 6.07) is 0.536. The second-order valence-electron chi connectivity index (χ2n) is 4.91. The van der Waals surface area contributed by atoms with Crippen LogP contribution in [0.3, 0.4) is 0 Å². The minimum atomic E-state index is 0.118. The summed E-state index contributed by atoms with van der Waals surface area (Å²) in [5, 5.41) is 15.6. The third kappa shape index (κ3) is 1.00. The first-order valence-electron chi connectivity index (χ1n) is 5.04. The molecule has 68 valence electrons. The van der Waals surface area contributed by atoms with E-state index in [4.69, 9.17) is 0 Å². The van der Waals surface area contributed by atoms with Gasteiger partial charge in [0.2, 0.25) is 0 Å². The molecule has 4 heterocycles. The fourth-order valence-corrected chi connectivity index (χ4v) is 3.46. The highest BCUT2D eigenvalue weighted by atomic mass is 16.5. The predicted octanol–water partition coefficient (Wildman–Crippen LogP) is 0.313. The van der Waals surface area contributed by atoms with Gasteiger partial charge in [-0.3, -0.25) is 0 Å². The molecule has 4 atom stereocenters. The van der Waals surface area contributed by atoms with Gasteiger partial charge in [-0.25, -0.2) is 0 Å². The van der Waals surface area contributed by atoms with Crippen molar-refractivity contribution < 1.29 is 4.65 Å². The molecular formula is C9H16N2O. The third-order valence-corrected chi connectivity index (χ3v) is 3.71. The molecule has 0 amide bonds. The van der Waals surface area contributed by atoms with Crippen LogP contribution in [0.1, 0.15) is 12.8 Å². The summed E-state index contributed by atoms with van der Waals surface area (Å²) in [6.45, 7) is 3.74. The second kappa shape index (κ2) is 2.22. The topological polar surface area (TPSA) is 35.1 Å². The van der Waals surface area contributed by atoms with Crippen molar-refractivity contribution in [3.8, 4) is 0 Å². The SMILES string of the molecule is [O-][N+]12CC3CNC(CC(C3)C1)C2. The average Bonchev–Trinajstić information content (AvgIpc) is 2.14. The van der Waals surface area contributed by atoms with Crippen molar-refractivity contribution in [3.05, 3.63) is 5.21 Å². The maximum atomic E-state index is 12.1. The molecule has 4 saturated heterocycles. The fourth-order valence-electron chi connectivity index (χ4n) is 3.46. The van der Waals surface area contributed by atoms with Gasteiger partial charge in [0.15, 0.2) is 0 Å². The Labute approximate surface area is 72.9 Å². The van der Waals surface area contributed by atoms with Crippen LogP contribution < -0.4 is 5.32 Å². The van der Waals surface area contributed by atoms with E-state index in [0.717, 1.165) is 32.1 Å². The summed E-state index contributed by atoms with van der Waals surface area (Å²) in [5.41, 5.74) is 0. The standard InChI is InChI=1S/C9H16N2O/c12-11-4-7-1-8(5-11)3-10-9(2-7)6-11/h7-10H,1-6H2. The summed E-state index contributed by atoms with van der Waals surface area (Å²) < 4.78 is 0.118. The highest BCUT2D eigenvalue weighted by Crippen LogP contribution is 2.36. The average molecular weight is 168 g/mol. The van der Waals surface area contributed by atoms with Crippen molar-refractivity contribution in [2.45, 2.75) is 18.9 Å². The maximum Gasteiger partial charge on any atom is 0.0940 e. The molecule has 0 spiro atoms. The summed E-state index contributed by atoms with van der Waals surface area (Å²) in [6.07, 6.45) is 2.57. The molecule has 3 heteroatoms. The number of piperidine rings is 2. The first-order valence-corrected chi connectivity index (χ1v) is 5.04. The van der Waals surface area contributed by atoms with E-state index in [1.165, 1.54) is 12.8 Å². The van der Waals surface area contributed by atoms with E-state index in [0.29, 0.717) is 12.0 Å². The quantitative estimate of drug-likeness (QED) is 0.417. The van der Waals surface area contributed by atoms with E-state index in [-0.39, 0.29) is 4.65 Å². The number of quaternary nitrogens is 1. The zero-order chi connectivity index (χ0) is 8.18. The van der Waals surface area contributed by atoms with Gasteiger partial charge in [0.25, 0.3) is 0 Å². The smallest absolute Gasteiger partial charge is 0.0940 e. The molecule has 4 rings (SSSR count). The molecule has 0 aromatic carbocycles. The number of nitrogens with zero attached hydrogens (tertiary/aromatic N) is 1. The Morgan fingerprint density at radius 2 is 1.92 bits per heavy atom. The third-order valence-electron chi connectivity index (χ3n) is 3.71. The summed E-state index contributed by atoms with van der Waals surface area (Å²) in [5.74, 6) is 1.41. The number of hydrogen-bond donors (Lipinski definition) is 1. The summed E-state index contributed by atoms with van der Waals surface area (Å²) in [7, 11) is 0. The number of hydrogen-bond acceptors (Lipinski definition) is 2. The maximum absolute atomic E-state index is 12.1. The largest absolute Gasteiger partial charge is 0.633 e. The Morgan fingerprint density at radius 3 is 2.75 bits per heavy atom. The van der Waals surface area contributed by atoms with Gasteiger partial charge in [-0.2, -0.15) is 0 Å². The molecule has 4 bridgehead atoms. The van der Waals surface area contributed by atoms with Crippen molar-refractivity contribution >= 4 is 0 Å². The lowest BCUT2D eigenvalue weighted by atomic mass is 9.84. The number of nitrogens with one attached hydrogen (secondary N) is 1. The van der Waals surface area contributed by atoms with E-state index >= 15 is 0 Å². The predicted molar refractivity (Wildman–Crippen MR) is 46.2 cm³/mol. The zero-order valence-corrected chi connectivity index (χ0v) is 7.33. The molecule has 0 radical (unpaired) electrons. The van der Waals surface area contributed by atoms with Crippen LogP contribution in [-0.2, 0) is 0 Å². The number of fused-ring (bicyclic) bond motifs is 1. The molecule has 4 aliphatic heterocycles. The molecule has 0 aromatic rings. The molecular weight excluding hydrogens is 152 g/mol. The van der Waals surface area contributed by atoms with Crippen LogP contribution in [0.2, 0.25) is 0 Å². The Bertz CT molecular complexity index is 191. The molecule has 1 N–H and O–H groups in total. The van der Waals surface area contributed by atoms with E-state index in [9.17, 15) is 5.21 Å². The number of hydroxylamine groups is 3. The molecule has 12 heavy (non-hydrogen) atoms. The number of rotatable bonds is 0. The first-order chi connectivity index (χ1) is 5.73. The van der Waals surface area contributed by atoms with E-state index in [1.54, 1.807) is 0 Å². The monoisotopic (exact) mass is 168 g/mol. The van der Waals surface area contributed by atoms with Crippen molar-refractivity contribution in [1.82, 2.24) is 5.32 Å². The minimum absolute atomic E-state index is 0.118. The lowest BCUT2D eigenvalue weighted by Crippen LogP contribution is -2.58. The Kier molecular flexibility index (Phi) is 1.35. The van der Waals surface area contributed by atoms with Gasteiger partial charge in [-0.05, 0) is 12.8 Å². The van der Waals surface area contributed by atoms with Gasteiger partial charge in [-0.15, -0.1) is 0 Å². The Hall–Kier alpha value is -0.120. The molecule has 4 fully saturated rings. The van der Waals surface area contributed by atoms with Crippen LogP contribution in [0.4, 0.5) is 0 Å². The highest BCUT2D eigenvalue weighted by Gasteiger charge is 2.44. The van der Waals surface area contributed by atoms with Crippen LogP contribution in [0.15, 0.2) is 0 Å².